The highest BCUT2D eigenvalue weighted by atomic mass is 35.5. The highest BCUT2D eigenvalue weighted by molar-refractivity contribution is 6.33. The van der Waals surface area contributed by atoms with E-state index < -0.39 is 0 Å². The lowest BCUT2D eigenvalue weighted by molar-refractivity contribution is 0.102. The number of carbonyl (C=O) groups excluding carboxylic acids is 1. The molecule has 1 aliphatic rings. The molecular formula is C21H18ClN3O3. The lowest BCUT2D eigenvalue weighted by Crippen LogP contribution is -2.12. The number of benzene rings is 2. The Labute approximate surface area is 167 Å². The molecule has 1 aliphatic heterocycles. The Morgan fingerprint density at radius 2 is 1.89 bits per heavy atom. The number of nitrogens with one attached hydrogen (secondary N) is 2. The molecule has 2 N–H and O–H groups in total. The summed E-state index contributed by atoms with van der Waals surface area (Å²) < 4.78 is 10.6. The molecule has 3 aromatic rings. The van der Waals surface area contributed by atoms with Crippen LogP contribution in [-0.4, -0.2) is 17.7 Å². The molecule has 0 atom stereocenters. The Morgan fingerprint density at radius 3 is 2.71 bits per heavy atom. The van der Waals surface area contributed by atoms with Gasteiger partial charge in [0.25, 0.3) is 5.91 Å². The van der Waals surface area contributed by atoms with E-state index in [4.69, 9.17) is 21.1 Å². The molecule has 6 nitrogen and oxygen atoms in total. The van der Waals surface area contributed by atoms with Crippen LogP contribution in [0.15, 0.2) is 48.7 Å². The maximum Gasteiger partial charge on any atom is 0.255 e. The highest BCUT2D eigenvalue weighted by Crippen LogP contribution is 2.34. The van der Waals surface area contributed by atoms with Crippen molar-refractivity contribution in [1.29, 1.82) is 0 Å². The zero-order valence-electron chi connectivity index (χ0n) is 15.4. The molecule has 0 saturated carbocycles. The number of anilines is 3. The van der Waals surface area contributed by atoms with Gasteiger partial charge in [0.15, 0.2) is 11.5 Å². The summed E-state index contributed by atoms with van der Waals surface area (Å²) >= 11 is 6.35. The van der Waals surface area contributed by atoms with Gasteiger partial charge in [-0.25, -0.2) is 4.98 Å². The molecule has 0 radical (unpaired) electrons. The van der Waals surface area contributed by atoms with Gasteiger partial charge in [-0.05, 0) is 55.3 Å². The minimum absolute atomic E-state index is 0.188. The van der Waals surface area contributed by atoms with Crippen molar-refractivity contribution in [3.8, 4) is 11.5 Å². The van der Waals surface area contributed by atoms with Crippen LogP contribution in [0.5, 0.6) is 11.5 Å². The van der Waals surface area contributed by atoms with Crippen molar-refractivity contribution in [2.24, 2.45) is 0 Å². The largest absolute Gasteiger partial charge is 0.454 e. The second-order valence-corrected chi connectivity index (χ2v) is 6.92. The number of ether oxygens (including phenoxy) is 2. The summed E-state index contributed by atoms with van der Waals surface area (Å²) in [6.07, 6.45) is 1.58. The summed E-state index contributed by atoms with van der Waals surface area (Å²) in [5, 5.41) is 6.66. The molecule has 4 rings (SSSR count). The number of hydrogen-bond acceptors (Lipinski definition) is 5. The van der Waals surface area contributed by atoms with Gasteiger partial charge < -0.3 is 20.1 Å². The number of hydrogen-bond donors (Lipinski definition) is 2. The summed E-state index contributed by atoms with van der Waals surface area (Å²) in [5.74, 6) is 1.56. The third-order valence-electron chi connectivity index (χ3n) is 4.34. The third kappa shape index (κ3) is 3.73. The predicted octanol–water partition coefficient (Wildman–Crippen LogP) is 5.08. The minimum atomic E-state index is -0.254. The number of nitrogens with zero attached hydrogens (tertiary/aromatic N) is 1. The molecule has 0 bridgehead atoms. The van der Waals surface area contributed by atoms with Crippen LogP contribution in [0.2, 0.25) is 5.02 Å². The van der Waals surface area contributed by atoms with Crippen LogP contribution >= 0.6 is 11.6 Å². The van der Waals surface area contributed by atoms with E-state index in [0.717, 1.165) is 16.8 Å². The van der Waals surface area contributed by atoms with Gasteiger partial charge in [0, 0.05) is 23.5 Å². The number of amides is 1. The molecule has 1 amide bonds. The van der Waals surface area contributed by atoms with Crippen LogP contribution in [0, 0.1) is 13.8 Å². The second kappa shape index (κ2) is 7.40. The maximum absolute atomic E-state index is 12.6. The first-order valence-electron chi connectivity index (χ1n) is 8.70. The number of rotatable bonds is 4. The molecule has 0 aliphatic carbocycles. The van der Waals surface area contributed by atoms with Crippen LogP contribution in [0.1, 0.15) is 21.5 Å². The quantitative estimate of drug-likeness (QED) is 0.644. The average molecular weight is 396 g/mol. The van der Waals surface area contributed by atoms with Crippen molar-refractivity contribution >= 4 is 34.7 Å². The van der Waals surface area contributed by atoms with Crippen molar-refractivity contribution < 1.29 is 14.3 Å². The Morgan fingerprint density at radius 1 is 1.07 bits per heavy atom. The van der Waals surface area contributed by atoms with Crippen LogP contribution < -0.4 is 20.1 Å². The van der Waals surface area contributed by atoms with Gasteiger partial charge in [-0.2, -0.15) is 0 Å². The summed E-state index contributed by atoms with van der Waals surface area (Å²) in [5.41, 5.74) is 3.95. The van der Waals surface area contributed by atoms with Crippen LogP contribution in [0.25, 0.3) is 0 Å². The fourth-order valence-electron chi connectivity index (χ4n) is 3.02. The zero-order chi connectivity index (χ0) is 19.7. The number of carbonyl (C=O) groups is 1. The zero-order valence-corrected chi connectivity index (χ0v) is 16.1. The molecule has 2 aromatic carbocycles. The van der Waals surface area contributed by atoms with Crippen molar-refractivity contribution in [2.75, 3.05) is 17.4 Å². The first-order valence-corrected chi connectivity index (χ1v) is 9.08. The average Bonchev–Trinajstić information content (AvgIpc) is 3.12. The van der Waals surface area contributed by atoms with Crippen molar-refractivity contribution in [2.45, 2.75) is 13.8 Å². The van der Waals surface area contributed by atoms with Crippen LogP contribution in [0.4, 0.5) is 17.2 Å². The van der Waals surface area contributed by atoms with Gasteiger partial charge in [-0.15, -0.1) is 0 Å². The molecule has 7 heteroatoms. The molecular weight excluding hydrogens is 378 g/mol. The van der Waals surface area contributed by atoms with Gasteiger partial charge in [0.05, 0.1) is 10.7 Å². The summed E-state index contributed by atoms with van der Waals surface area (Å²) in [6, 6.07) is 12.5. The lowest BCUT2D eigenvalue weighted by Gasteiger charge is -2.13. The number of aromatic nitrogens is 1. The summed E-state index contributed by atoms with van der Waals surface area (Å²) in [6.45, 7) is 4.15. The molecule has 2 heterocycles. The van der Waals surface area contributed by atoms with Gasteiger partial charge in [-0.1, -0.05) is 17.7 Å². The molecule has 0 fully saturated rings. The van der Waals surface area contributed by atoms with E-state index in [1.807, 2.05) is 26.0 Å². The monoisotopic (exact) mass is 395 g/mol. The van der Waals surface area contributed by atoms with E-state index in [0.29, 0.717) is 33.6 Å². The highest BCUT2D eigenvalue weighted by Gasteiger charge is 2.15. The van der Waals surface area contributed by atoms with Gasteiger partial charge in [0.1, 0.15) is 5.82 Å². The standard InChI is InChI=1S/C21H18ClN3O3/c1-12-7-13(2)20(16(22)8-12)25-19-9-14(5-6-23-19)21(26)24-15-3-4-17-18(10-15)28-11-27-17/h3-10H,11H2,1-2H3,(H,23,25)(H,24,26). The molecule has 0 saturated heterocycles. The Hall–Kier alpha value is -3.25. The van der Waals surface area contributed by atoms with E-state index in [-0.39, 0.29) is 12.7 Å². The summed E-state index contributed by atoms with van der Waals surface area (Å²) in [4.78, 5) is 16.9. The Kier molecular flexibility index (Phi) is 4.79. The van der Waals surface area contributed by atoms with Gasteiger partial charge in [0.2, 0.25) is 6.79 Å². The normalized spacial score (nSPS) is 12.0. The second-order valence-electron chi connectivity index (χ2n) is 6.52. The number of aryl methyl sites for hydroxylation is 2. The topological polar surface area (TPSA) is 72.5 Å². The Balaban J connectivity index is 1.53. The van der Waals surface area contributed by atoms with E-state index in [1.165, 1.54) is 0 Å². The van der Waals surface area contributed by atoms with E-state index in [1.54, 1.807) is 36.5 Å². The molecule has 1 aromatic heterocycles. The van der Waals surface area contributed by atoms with Crippen molar-refractivity contribution in [1.82, 2.24) is 4.98 Å². The van der Waals surface area contributed by atoms with Crippen LogP contribution in [-0.2, 0) is 0 Å². The number of halogens is 1. The van der Waals surface area contributed by atoms with E-state index >= 15 is 0 Å². The maximum atomic E-state index is 12.6. The molecule has 28 heavy (non-hydrogen) atoms. The SMILES string of the molecule is Cc1cc(C)c(Nc2cc(C(=O)Nc3ccc4c(c3)OCO4)ccn2)c(Cl)c1. The predicted molar refractivity (Wildman–Crippen MR) is 109 cm³/mol. The van der Waals surface area contributed by atoms with Gasteiger partial charge >= 0.3 is 0 Å². The lowest BCUT2D eigenvalue weighted by atomic mass is 10.1. The first-order chi connectivity index (χ1) is 13.5. The van der Waals surface area contributed by atoms with Crippen molar-refractivity contribution in [3.05, 3.63) is 70.4 Å². The van der Waals surface area contributed by atoms with Crippen molar-refractivity contribution in [3.63, 3.8) is 0 Å². The number of fused-ring (bicyclic) bond motifs is 1. The molecule has 0 spiro atoms. The summed E-state index contributed by atoms with van der Waals surface area (Å²) in [7, 11) is 0. The van der Waals surface area contributed by atoms with Crippen LogP contribution in [0.3, 0.4) is 0 Å². The van der Waals surface area contributed by atoms with E-state index in [9.17, 15) is 4.79 Å². The molecule has 142 valence electrons. The third-order valence-corrected chi connectivity index (χ3v) is 4.64. The van der Waals surface area contributed by atoms with Gasteiger partial charge in [-0.3, -0.25) is 4.79 Å². The smallest absolute Gasteiger partial charge is 0.255 e. The fourth-order valence-corrected chi connectivity index (χ4v) is 3.39. The Bertz CT molecular complexity index is 1050. The fraction of sp³-hybridized carbons (Fsp3) is 0.143. The first kappa shape index (κ1) is 18.1. The number of pyridine rings is 1. The minimum Gasteiger partial charge on any atom is -0.454 e. The van der Waals surface area contributed by atoms with E-state index in [2.05, 4.69) is 15.6 Å². The molecule has 0 unspecified atom stereocenters.